The fourth-order valence-corrected chi connectivity index (χ4v) is 1.68. The zero-order valence-corrected chi connectivity index (χ0v) is 9.43. The van der Waals surface area contributed by atoms with Crippen molar-refractivity contribution in [1.29, 1.82) is 0 Å². The summed E-state index contributed by atoms with van der Waals surface area (Å²) in [6.07, 6.45) is 1.89. The minimum atomic E-state index is -0.937. The van der Waals surface area contributed by atoms with Gasteiger partial charge in [0, 0.05) is 17.3 Å². The highest BCUT2D eigenvalue weighted by atomic mass is 16.6. The maximum absolute atomic E-state index is 11.1. The highest BCUT2D eigenvalue weighted by Gasteiger charge is 2.16. The third-order valence-corrected chi connectivity index (χ3v) is 2.50. The van der Waals surface area contributed by atoms with Crippen LogP contribution in [0.15, 0.2) is 36.9 Å². The molecule has 88 valence electrons. The molecule has 2 rings (SSSR count). The second-order valence-corrected chi connectivity index (χ2v) is 3.76. The van der Waals surface area contributed by atoms with Crippen LogP contribution in [0.5, 0.6) is 5.75 Å². The van der Waals surface area contributed by atoms with Gasteiger partial charge in [-0.15, -0.1) is 0 Å². The Labute approximate surface area is 99.2 Å². The van der Waals surface area contributed by atoms with Gasteiger partial charge in [-0.05, 0) is 36.8 Å². The van der Waals surface area contributed by atoms with E-state index in [4.69, 9.17) is 4.74 Å². The molecule has 1 aromatic carbocycles. The maximum atomic E-state index is 11.1. The Bertz CT molecular complexity index is 505. The van der Waals surface area contributed by atoms with Crippen LogP contribution in [0.2, 0.25) is 0 Å². The van der Waals surface area contributed by atoms with Gasteiger partial charge in [-0.3, -0.25) is 4.79 Å². The quantitative estimate of drug-likeness (QED) is 0.764. The molecule has 2 N–H and O–H groups in total. The lowest BCUT2D eigenvalue weighted by Crippen LogP contribution is -2.17. The molecule has 1 aliphatic heterocycles. The largest absolute Gasteiger partial charge is 0.461 e. The first-order chi connectivity index (χ1) is 8.10. The first kappa shape index (κ1) is 11.4. The summed E-state index contributed by atoms with van der Waals surface area (Å²) in [5, 5.41) is 12.1. The van der Waals surface area contributed by atoms with E-state index in [0.717, 1.165) is 11.1 Å². The van der Waals surface area contributed by atoms with Crippen molar-refractivity contribution in [2.45, 2.75) is 13.2 Å². The Hall–Kier alpha value is -2.07. The second kappa shape index (κ2) is 4.43. The standard InChI is InChI=1S/C13H13NO3/c1-3-12(15)14-9-4-5-10-8(2)6-13(16)17-11(10)7-9/h3-7,13,16H,1H2,2H3,(H,14,15). The van der Waals surface area contributed by atoms with Crippen molar-refractivity contribution in [3.8, 4) is 5.75 Å². The summed E-state index contributed by atoms with van der Waals surface area (Å²) < 4.78 is 5.26. The van der Waals surface area contributed by atoms with Gasteiger partial charge in [0.15, 0.2) is 0 Å². The molecule has 1 atom stereocenters. The molecule has 4 nitrogen and oxygen atoms in total. The number of hydrogen-bond acceptors (Lipinski definition) is 3. The van der Waals surface area contributed by atoms with E-state index in [2.05, 4.69) is 11.9 Å². The lowest BCUT2D eigenvalue weighted by molar-refractivity contribution is -0.111. The van der Waals surface area contributed by atoms with Gasteiger partial charge in [0.25, 0.3) is 0 Å². The zero-order valence-electron chi connectivity index (χ0n) is 9.43. The van der Waals surface area contributed by atoms with Crippen LogP contribution in [0.1, 0.15) is 12.5 Å². The van der Waals surface area contributed by atoms with Gasteiger partial charge in [0.2, 0.25) is 12.2 Å². The van der Waals surface area contributed by atoms with E-state index in [1.807, 2.05) is 13.0 Å². The average molecular weight is 231 g/mol. The van der Waals surface area contributed by atoms with Crippen molar-refractivity contribution in [2.24, 2.45) is 0 Å². The molecule has 0 spiro atoms. The van der Waals surface area contributed by atoms with Crippen LogP contribution in [0, 0.1) is 0 Å². The second-order valence-electron chi connectivity index (χ2n) is 3.76. The van der Waals surface area contributed by atoms with E-state index < -0.39 is 6.29 Å². The van der Waals surface area contributed by atoms with E-state index in [1.54, 1.807) is 18.2 Å². The number of aliphatic hydroxyl groups is 1. The number of rotatable bonds is 2. The molecule has 4 heteroatoms. The Kier molecular flexibility index (Phi) is 2.97. The predicted molar refractivity (Wildman–Crippen MR) is 65.6 cm³/mol. The van der Waals surface area contributed by atoms with Crippen molar-refractivity contribution >= 4 is 17.2 Å². The van der Waals surface area contributed by atoms with Crippen molar-refractivity contribution in [2.75, 3.05) is 5.32 Å². The number of nitrogens with one attached hydrogen (secondary N) is 1. The van der Waals surface area contributed by atoms with Gasteiger partial charge in [0.1, 0.15) is 5.75 Å². The molecule has 1 unspecified atom stereocenters. The number of anilines is 1. The van der Waals surface area contributed by atoms with Crippen LogP contribution < -0.4 is 10.1 Å². The molecule has 0 saturated carbocycles. The third kappa shape index (κ3) is 2.37. The van der Waals surface area contributed by atoms with Gasteiger partial charge in [-0.2, -0.15) is 0 Å². The van der Waals surface area contributed by atoms with Gasteiger partial charge in [-0.1, -0.05) is 6.58 Å². The van der Waals surface area contributed by atoms with Gasteiger partial charge >= 0.3 is 0 Å². The SMILES string of the molecule is C=CC(=O)Nc1ccc2c(c1)OC(O)C=C2C. The van der Waals surface area contributed by atoms with Gasteiger partial charge in [-0.25, -0.2) is 0 Å². The van der Waals surface area contributed by atoms with E-state index in [-0.39, 0.29) is 5.91 Å². The molecular weight excluding hydrogens is 218 g/mol. The first-order valence-corrected chi connectivity index (χ1v) is 5.21. The molecule has 0 saturated heterocycles. The fourth-order valence-electron chi connectivity index (χ4n) is 1.68. The molecule has 1 aliphatic rings. The lowest BCUT2D eigenvalue weighted by atomic mass is 10.0. The molecule has 0 aromatic heterocycles. The van der Waals surface area contributed by atoms with Crippen molar-refractivity contribution in [3.63, 3.8) is 0 Å². The summed E-state index contributed by atoms with van der Waals surface area (Å²) in [6.45, 7) is 5.27. The number of hydrogen-bond donors (Lipinski definition) is 2. The number of carbonyl (C=O) groups excluding carboxylic acids is 1. The van der Waals surface area contributed by atoms with E-state index >= 15 is 0 Å². The van der Waals surface area contributed by atoms with Crippen LogP contribution in [0.25, 0.3) is 5.57 Å². The number of allylic oxidation sites excluding steroid dienone is 1. The summed E-state index contributed by atoms with van der Waals surface area (Å²) in [5.74, 6) is 0.271. The smallest absolute Gasteiger partial charge is 0.247 e. The summed E-state index contributed by atoms with van der Waals surface area (Å²) >= 11 is 0. The van der Waals surface area contributed by atoms with Crippen LogP contribution in [-0.4, -0.2) is 17.3 Å². The molecule has 1 aromatic rings. The Morgan fingerprint density at radius 2 is 2.35 bits per heavy atom. The van der Waals surface area contributed by atoms with Crippen LogP contribution >= 0.6 is 0 Å². The van der Waals surface area contributed by atoms with Crippen LogP contribution in [0.4, 0.5) is 5.69 Å². The number of benzene rings is 1. The third-order valence-electron chi connectivity index (χ3n) is 2.50. The maximum Gasteiger partial charge on any atom is 0.247 e. The summed E-state index contributed by atoms with van der Waals surface area (Å²) in [7, 11) is 0. The normalized spacial score (nSPS) is 17.5. The van der Waals surface area contributed by atoms with Crippen molar-refractivity contribution < 1.29 is 14.6 Å². The van der Waals surface area contributed by atoms with Crippen LogP contribution in [0.3, 0.4) is 0 Å². The molecule has 0 radical (unpaired) electrons. The lowest BCUT2D eigenvalue weighted by Gasteiger charge is -2.21. The number of carbonyl (C=O) groups is 1. The van der Waals surface area contributed by atoms with Crippen molar-refractivity contribution in [3.05, 3.63) is 42.5 Å². The minimum absolute atomic E-state index is 0.284. The topological polar surface area (TPSA) is 58.6 Å². The molecule has 0 fully saturated rings. The van der Waals surface area contributed by atoms with E-state index in [0.29, 0.717) is 11.4 Å². The Morgan fingerprint density at radius 3 is 3.06 bits per heavy atom. The Morgan fingerprint density at radius 1 is 1.59 bits per heavy atom. The zero-order chi connectivity index (χ0) is 12.4. The number of fused-ring (bicyclic) bond motifs is 1. The molecule has 17 heavy (non-hydrogen) atoms. The predicted octanol–water partition coefficient (Wildman–Crippen LogP) is 1.93. The number of aliphatic hydroxyl groups excluding tert-OH is 1. The van der Waals surface area contributed by atoms with E-state index in [9.17, 15) is 9.90 Å². The molecule has 0 aliphatic carbocycles. The fraction of sp³-hybridized carbons (Fsp3) is 0.154. The minimum Gasteiger partial charge on any atom is -0.461 e. The number of ether oxygens (including phenoxy) is 1. The summed E-state index contributed by atoms with van der Waals surface area (Å²) in [5.41, 5.74) is 2.46. The van der Waals surface area contributed by atoms with Crippen LogP contribution in [-0.2, 0) is 4.79 Å². The summed E-state index contributed by atoms with van der Waals surface area (Å²) in [6, 6.07) is 5.29. The number of amides is 1. The Balaban J connectivity index is 2.32. The van der Waals surface area contributed by atoms with Gasteiger partial charge in [0.05, 0.1) is 0 Å². The first-order valence-electron chi connectivity index (χ1n) is 5.21. The van der Waals surface area contributed by atoms with Gasteiger partial charge < -0.3 is 15.2 Å². The molecule has 1 amide bonds. The monoisotopic (exact) mass is 231 g/mol. The average Bonchev–Trinajstić information content (AvgIpc) is 2.28. The van der Waals surface area contributed by atoms with Crippen molar-refractivity contribution in [1.82, 2.24) is 0 Å². The molecule has 1 heterocycles. The summed E-state index contributed by atoms with van der Waals surface area (Å²) in [4.78, 5) is 11.1. The highest BCUT2D eigenvalue weighted by Crippen LogP contribution is 2.33. The molecule has 0 bridgehead atoms. The van der Waals surface area contributed by atoms with E-state index in [1.165, 1.54) is 6.08 Å². The molecular formula is C13H13NO3. The highest BCUT2D eigenvalue weighted by molar-refractivity contribution is 5.99.